The van der Waals surface area contributed by atoms with Crippen molar-refractivity contribution >= 4 is 26.7 Å². The van der Waals surface area contributed by atoms with Crippen molar-refractivity contribution in [2.45, 2.75) is 72.6 Å². The summed E-state index contributed by atoms with van der Waals surface area (Å²) in [5.74, 6) is 1.64. The van der Waals surface area contributed by atoms with Gasteiger partial charge in [0.1, 0.15) is 11.3 Å². The lowest BCUT2D eigenvalue weighted by Gasteiger charge is -2.33. The zero-order valence-electron chi connectivity index (χ0n) is 19.6. The van der Waals surface area contributed by atoms with E-state index in [0.29, 0.717) is 16.5 Å². The van der Waals surface area contributed by atoms with Crippen molar-refractivity contribution in [2.75, 3.05) is 4.72 Å². The maximum absolute atomic E-state index is 13.3. The largest absolute Gasteiger partial charge is 0.461 e. The van der Waals surface area contributed by atoms with Gasteiger partial charge in [-0.3, -0.25) is 4.72 Å². The molecule has 0 aliphatic heterocycles. The summed E-state index contributed by atoms with van der Waals surface area (Å²) in [7, 11) is -3.70. The summed E-state index contributed by atoms with van der Waals surface area (Å²) in [5.41, 5.74) is 6.38. The molecule has 0 unspecified atom stereocenters. The third kappa shape index (κ3) is 4.00. The molecule has 1 heterocycles. The van der Waals surface area contributed by atoms with Crippen LogP contribution in [0.15, 0.2) is 33.6 Å². The van der Waals surface area contributed by atoms with Crippen molar-refractivity contribution < 1.29 is 12.8 Å². The van der Waals surface area contributed by atoms with E-state index in [-0.39, 0.29) is 5.41 Å². The fourth-order valence-electron chi connectivity index (χ4n) is 5.06. The first kappa shape index (κ1) is 21.9. The molecule has 166 valence electrons. The van der Waals surface area contributed by atoms with Gasteiger partial charge in [-0.2, -0.15) is 0 Å². The third-order valence-corrected chi connectivity index (χ3v) is 8.40. The summed E-state index contributed by atoms with van der Waals surface area (Å²) in [6, 6.07) is 7.76. The molecule has 0 saturated carbocycles. The standard InChI is InChI=1S/C26H33NO3S/c1-15-10-17(3)25(18(4)11-15)31(28,29)27-22-14-21-20-13-19(26(5,6)7)8-9-23(20)30-24(21)12-16(22)2/h10-12,14,19,27H,8-9,13H2,1-7H3/t19-/m0/s1. The van der Waals surface area contributed by atoms with E-state index in [9.17, 15) is 8.42 Å². The molecule has 1 aromatic heterocycles. The first-order chi connectivity index (χ1) is 14.4. The molecule has 4 nitrogen and oxygen atoms in total. The number of hydrogen-bond donors (Lipinski definition) is 1. The maximum Gasteiger partial charge on any atom is 0.262 e. The summed E-state index contributed by atoms with van der Waals surface area (Å²) in [4.78, 5) is 0.361. The first-order valence-corrected chi connectivity index (χ1v) is 12.5. The van der Waals surface area contributed by atoms with Crippen molar-refractivity contribution in [3.05, 3.63) is 57.8 Å². The van der Waals surface area contributed by atoms with Crippen molar-refractivity contribution in [3.63, 3.8) is 0 Å². The van der Waals surface area contributed by atoms with Gasteiger partial charge >= 0.3 is 0 Å². The molecule has 31 heavy (non-hydrogen) atoms. The summed E-state index contributed by atoms with van der Waals surface area (Å²) in [6.45, 7) is 14.5. The molecule has 5 heteroatoms. The number of furan rings is 1. The molecule has 0 fully saturated rings. The highest BCUT2D eigenvalue weighted by molar-refractivity contribution is 7.92. The molecule has 0 spiro atoms. The van der Waals surface area contributed by atoms with Gasteiger partial charge in [-0.05, 0) is 80.7 Å². The quantitative estimate of drug-likeness (QED) is 0.499. The number of hydrogen-bond acceptors (Lipinski definition) is 3. The minimum absolute atomic E-state index is 0.233. The average molecular weight is 440 g/mol. The Morgan fingerprint density at radius 1 is 0.968 bits per heavy atom. The molecule has 1 aliphatic rings. The Balaban J connectivity index is 1.77. The Labute approximate surface area is 186 Å². The SMILES string of the molecule is Cc1cc(C)c(S(=O)(=O)Nc2cc3c4c(oc3cc2C)CC[C@H](C(C)(C)C)C4)c(C)c1. The molecule has 1 aliphatic carbocycles. The molecule has 0 radical (unpaired) electrons. The van der Waals surface area contributed by atoms with Crippen molar-refractivity contribution in [1.82, 2.24) is 0 Å². The molecule has 1 N–H and O–H groups in total. The lowest BCUT2D eigenvalue weighted by Crippen LogP contribution is -2.26. The van der Waals surface area contributed by atoms with E-state index >= 15 is 0 Å². The van der Waals surface area contributed by atoms with Crippen LogP contribution in [-0.2, 0) is 22.9 Å². The van der Waals surface area contributed by atoms with Gasteiger partial charge in [0.15, 0.2) is 0 Å². The lowest BCUT2D eigenvalue weighted by atomic mass is 9.71. The zero-order valence-corrected chi connectivity index (χ0v) is 20.5. The number of anilines is 1. The van der Waals surface area contributed by atoms with Gasteiger partial charge in [0.05, 0.1) is 10.6 Å². The second-order valence-electron chi connectivity index (χ2n) is 10.3. The number of nitrogens with one attached hydrogen (secondary N) is 1. The van der Waals surface area contributed by atoms with Crippen LogP contribution in [0.4, 0.5) is 5.69 Å². The number of benzene rings is 2. The number of aryl methyl sites for hydroxylation is 5. The molecule has 0 amide bonds. The van der Waals surface area contributed by atoms with Crippen molar-refractivity contribution in [3.8, 4) is 0 Å². The first-order valence-electron chi connectivity index (χ1n) is 11.0. The van der Waals surface area contributed by atoms with Crippen LogP contribution in [0.25, 0.3) is 11.0 Å². The van der Waals surface area contributed by atoms with Gasteiger partial charge in [0.25, 0.3) is 10.0 Å². The Kier molecular flexibility index (Phi) is 5.24. The van der Waals surface area contributed by atoms with Crippen LogP contribution in [0.5, 0.6) is 0 Å². The van der Waals surface area contributed by atoms with Crippen LogP contribution in [0.3, 0.4) is 0 Å². The third-order valence-electron chi connectivity index (χ3n) is 6.73. The maximum atomic E-state index is 13.3. The molecule has 0 bridgehead atoms. The van der Waals surface area contributed by atoms with Crippen LogP contribution in [0, 0.1) is 39.0 Å². The predicted octanol–water partition coefficient (Wildman–Crippen LogP) is 6.62. The molecular formula is C26H33NO3S. The van der Waals surface area contributed by atoms with Crippen LogP contribution in [0.1, 0.15) is 60.8 Å². The molecule has 0 saturated heterocycles. The molecule has 3 aromatic rings. The monoisotopic (exact) mass is 439 g/mol. The fraction of sp³-hybridized carbons (Fsp3) is 0.462. The Morgan fingerprint density at radius 3 is 2.23 bits per heavy atom. The number of rotatable bonds is 3. The van der Waals surface area contributed by atoms with E-state index in [1.807, 2.05) is 52.0 Å². The van der Waals surface area contributed by atoms with Gasteiger partial charge in [-0.25, -0.2) is 8.42 Å². The number of fused-ring (bicyclic) bond motifs is 3. The van der Waals surface area contributed by atoms with Gasteiger partial charge in [-0.15, -0.1) is 0 Å². The van der Waals surface area contributed by atoms with E-state index in [0.717, 1.165) is 58.2 Å². The minimum Gasteiger partial charge on any atom is -0.461 e. The van der Waals surface area contributed by atoms with Gasteiger partial charge in [0.2, 0.25) is 0 Å². The minimum atomic E-state index is -3.70. The highest BCUT2D eigenvalue weighted by Gasteiger charge is 2.32. The van der Waals surface area contributed by atoms with E-state index in [1.165, 1.54) is 5.56 Å². The van der Waals surface area contributed by atoms with Crippen LogP contribution in [-0.4, -0.2) is 8.42 Å². The molecule has 2 aromatic carbocycles. The highest BCUT2D eigenvalue weighted by Crippen LogP contribution is 2.42. The van der Waals surface area contributed by atoms with Crippen molar-refractivity contribution in [2.24, 2.45) is 11.3 Å². The smallest absolute Gasteiger partial charge is 0.262 e. The Hall–Kier alpha value is -2.27. The van der Waals surface area contributed by atoms with E-state index in [2.05, 4.69) is 25.5 Å². The Morgan fingerprint density at radius 2 is 1.61 bits per heavy atom. The topological polar surface area (TPSA) is 59.3 Å². The van der Waals surface area contributed by atoms with Crippen LogP contribution >= 0.6 is 0 Å². The summed E-state index contributed by atoms with van der Waals surface area (Å²) >= 11 is 0. The predicted molar refractivity (Wildman–Crippen MR) is 127 cm³/mol. The second kappa shape index (κ2) is 7.40. The van der Waals surface area contributed by atoms with Gasteiger partial charge in [-0.1, -0.05) is 38.5 Å². The van der Waals surface area contributed by atoms with E-state index in [1.54, 1.807) is 0 Å². The molecule has 4 rings (SSSR count). The summed E-state index contributed by atoms with van der Waals surface area (Å²) in [6.07, 6.45) is 3.03. The van der Waals surface area contributed by atoms with Crippen LogP contribution < -0.4 is 4.72 Å². The van der Waals surface area contributed by atoms with Crippen LogP contribution in [0.2, 0.25) is 0 Å². The Bertz CT molecular complexity index is 1250. The van der Waals surface area contributed by atoms with E-state index < -0.39 is 10.0 Å². The van der Waals surface area contributed by atoms with Gasteiger partial charge in [0, 0.05) is 17.4 Å². The van der Waals surface area contributed by atoms with Gasteiger partial charge < -0.3 is 4.42 Å². The highest BCUT2D eigenvalue weighted by atomic mass is 32.2. The average Bonchev–Trinajstić information content (AvgIpc) is 2.96. The summed E-state index contributed by atoms with van der Waals surface area (Å²) in [5, 5.41) is 1.03. The number of sulfonamides is 1. The summed E-state index contributed by atoms with van der Waals surface area (Å²) < 4.78 is 35.7. The second-order valence-corrected chi connectivity index (χ2v) is 11.9. The van der Waals surface area contributed by atoms with Crippen molar-refractivity contribution in [1.29, 1.82) is 0 Å². The zero-order chi connectivity index (χ0) is 22.7. The normalized spacial score (nSPS) is 17.1. The molecular weight excluding hydrogens is 406 g/mol. The fourth-order valence-corrected chi connectivity index (χ4v) is 6.64. The lowest BCUT2D eigenvalue weighted by molar-refractivity contribution is 0.210. The van der Waals surface area contributed by atoms with E-state index in [4.69, 9.17) is 4.42 Å². The molecule has 1 atom stereocenters.